The second-order valence-corrected chi connectivity index (χ2v) is 5.20. The third-order valence-electron chi connectivity index (χ3n) is 3.71. The summed E-state index contributed by atoms with van der Waals surface area (Å²) in [7, 11) is 1.96. The average Bonchev–Trinajstić information content (AvgIpc) is 3.01. The first kappa shape index (κ1) is 11.5. The summed E-state index contributed by atoms with van der Waals surface area (Å²) in [5.74, 6) is 0.685. The van der Waals surface area contributed by atoms with E-state index < -0.39 is 0 Å². The minimum absolute atomic E-state index is 0.373. The van der Waals surface area contributed by atoms with E-state index in [1.54, 1.807) is 0 Å². The summed E-state index contributed by atoms with van der Waals surface area (Å²) in [4.78, 5) is 0. The molecule has 0 amide bonds. The van der Waals surface area contributed by atoms with Gasteiger partial charge in [0, 0.05) is 36.8 Å². The van der Waals surface area contributed by atoms with Crippen molar-refractivity contribution in [2.45, 2.75) is 31.3 Å². The Morgan fingerprint density at radius 1 is 1.33 bits per heavy atom. The molecule has 1 aliphatic rings. The molecular weight excluding hydrogens is 222 g/mol. The summed E-state index contributed by atoms with van der Waals surface area (Å²) in [6.07, 6.45) is 5.27. The van der Waals surface area contributed by atoms with Crippen LogP contribution in [0, 0.1) is 0 Å². The van der Waals surface area contributed by atoms with Gasteiger partial charge in [0.2, 0.25) is 0 Å². The number of rotatable bonds is 4. The van der Waals surface area contributed by atoms with Gasteiger partial charge in [-0.25, -0.2) is 0 Å². The number of nitrogens with one attached hydrogen (secondary N) is 1. The van der Waals surface area contributed by atoms with Gasteiger partial charge in [-0.05, 0) is 18.9 Å². The number of hydrogen-bond acceptors (Lipinski definition) is 2. The molecule has 1 aromatic carbocycles. The van der Waals surface area contributed by atoms with Crippen molar-refractivity contribution < 1.29 is 0 Å². The normalized spacial score (nSPS) is 23.9. The molecule has 18 heavy (non-hydrogen) atoms. The number of benzene rings is 1. The van der Waals surface area contributed by atoms with E-state index in [0.717, 1.165) is 0 Å². The van der Waals surface area contributed by atoms with Gasteiger partial charge in [-0.1, -0.05) is 30.3 Å². The molecule has 3 rings (SSSR count). The van der Waals surface area contributed by atoms with Gasteiger partial charge >= 0.3 is 0 Å². The zero-order valence-corrected chi connectivity index (χ0v) is 10.9. The predicted octanol–water partition coefficient (Wildman–Crippen LogP) is 2.63. The van der Waals surface area contributed by atoms with Crippen molar-refractivity contribution in [3.63, 3.8) is 0 Å². The van der Waals surface area contributed by atoms with Crippen LogP contribution in [-0.4, -0.2) is 15.8 Å². The van der Waals surface area contributed by atoms with Gasteiger partial charge in [-0.15, -0.1) is 0 Å². The van der Waals surface area contributed by atoms with Crippen molar-refractivity contribution >= 4 is 0 Å². The van der Waals surface area contributed by atoms with Crippen LogP contribution < -0.4 is 5.32 Å². The second-order valence-electron chi connectivity index (χ2n) is 5.20. The largest absolute Gasteiger partial charge is 0.307 e. The van der Waals surface area contributed by atoms with E-state index in [0.29, 0.717) is 18.0 Å². The first-order valence-corrected chi connectivity index (χ1v) is 6.53. The Morgan fingerprint density at radius 3 is 2.78 bits per heavy atom. The number of aryl methyl sites for hydroxylation is 1. The van der Waals surface area contributed by atoms with Gasteiger partial charge in [-0.2, -0.15) is 5.10 Å². The lowest BCUT2D eigenvalue weighted by Crippen LogP contribution is -2.21. The standard InChI is InChI=1S/C15H19N3/c1-11(13-9-16-18(2)10-13)17-15-8-14(15)12-6-4-3-5-7-12/h3-7,9-11,14-15,17H,8H2,1-2H3. The van der Waals surface area contributed by atoms with Gasteiger partial charge < -0.3 is 5.32 Å². The van der Waals surface area contributed by atoms with Crippen LogP contribution in [0.1, 0.15) is 36.4 Å². The van der Waals surface area contributed by atoms with Crippen LogP contribution in [0.5, 0.6) is 0 Å². The predicted molar refractivity (Wildman–Crippen MR) is 72.3 cm³/mol. The maximum absolute atomic E-state index is 4.22. The van der Waals surface area contributed by atoms with Gasteiger partial charge in [0.05, 0.1) is 6.20 Å². The maximum atomic E-state index is 4.22. The fraction of sp³-hybridized carbons (Fsp3) is 0.400. The molecule has 0 radical (unpaired) electrons. The summed E-state index contributed by atoms with van der Waals surface area (Å²) in [6, 6.07) is 11.7. The van der Waals surface area contributed by atoms with Gasteiger partial charge in [0.15, 0.2) is 0 Å². The highest BCUT2D eigenvalue weighted by atomic mass is 15.2. The van der Waals surface area contributed by atoms with Crippen molar-refractivity contribution in [2.24, 2.45) is 7.05 Å². The van der Waals surface area contributed by atoms with Crippen LogP contribution in [0.15, 0.2) is 42.7 Å². The molecule has 0 bridgehead atoms. The zero-order valence-electron chi connectivity index (χ0n) is 10.9. The minimum atomic E-state index is 0.373. The number of nitrogens with zero attached hydrogens (tertiary/aromatic N) is 2. The van der Waals surface area contributed by atoms with E-state index >= 15 is 0 Å². The SMILES string of the molecule is CC(NC1CC1c1ccccc1)c1cnn(C)c1. The lowest BCUT2D eigenvalue weighted by molar-refractivity contribution is 0.562. The quantitative estimate of drug-likeness (QED) is 0.891. The van der Waals surface area contributed by atoms with Crippen molar-refractivity contribution in [3.05, 3.63) is 53.9 Å². The lowest BCUT2D eigenvalue weighted by atomic mass is 10.1. The molecule has 0 saturated heterocycles. The fourth-order valence-electron chi connectivity index (χ4n) is 2.53. The molecule has 1 saturated carbocycles. The monoisotopic (exact) mass is 241 g/mol. The molecule has 1 aromatic heterocycles. The van der Waals surface area contributed by atoms with Crippen molar-refractivity contribution in [2.75, 3.05) is 0 Å². The average molecular weight is 241 g/mol. The van der Waals surface area contributed by atoms with Crippen LogP contribution in [0.25, 0.3) is 0 Å². The lowest BCUT2D eigenvalue weighted by Gasteiger charge is -2.11. The van der Waals surface area contributed by atoms with Crippen LogP contribution in [0.2, 0.25) is 0 Å². The Kier molecular flexibility index (Phi) is 2.92. The van der Waals surface area contributed by atoms with Crippen LogP contribution in [-0.2, 0) is 7.05 Å². The third-order valence-corrected chi connectivity index (χ3v) is 3.71. The third kappa shape index (κ3) is 2.31. The van der Waals surface area contributed by atoms with Crippen molar-refractivity contribution in [3.8, 4) is 0 Å². The Labute approximate surface area is 108 Å². The molecule has 3 heteroatoms. The van der Waals surface area contributed by atoms with Gasteiger partial charge in [0.25, 0.3) is 0 Å². The molecule has 1 fully saturated rings. The smallest absolute Gasteiger partial charge is 0.0537 e. The topological polar surface area (TPSA) is 29.9 Å². The van der Waals surface area contributed by atoms with E-state index in [9.17, 15) is 0 Å². The molecule has 2 aromatic rings. The zero-order chi connectivity index (χ0) is 12.5. The first-order chi connectivity index (χ1) is 8.74. The van der Waals surface area contributed by atoms with Crippen LogP contribution in [0.4, 0.5) is 0 Å². The Hall–Kier alpha value is -1.61. The Morgan fingerprint density at radius 2 is 2.11 bits per heavy atom. The molecule has 3 unspecified atom stereocenters. The number of hydrogen-bond donors (Lipinski definition) is 1. The second kappa shape index (κ2) is 4.58. The van der Waals surface area contributed by atoms with E-state index in [1.807, 2.05) is 17.9 Å². The summed E-state index contributed by atoms with van der Waals surface area (Å²) < 4.78 is 1.86. The van der Waals surface area contributed by atoms with Crippen LogP contribution in [0.3, 0.4) is 0 Å². The summed E-state index contributed by atoms with van der Waals surface area (Å²) in [6.45, 7) is 2.21. The van der Waals surface area contributed by atoms with Crippen molar-refractivity contribution in [1.29, 1.82) is 0 Å². The molecule has 0 aliphatic heterocycles. The summed E-state index contributed by atoms with van der Waals surface area (Å²) in [5.41, 5.74) is 2.71. The summed E-state index contributed by atoms with van der Waals surface area (Å²) in [5, 5.41) is 7.90. The van der Waals surface area contributed by atoms with Gasteiger partial charge in [0.1, 0.15) is 0 Å². The van der Waals surface area contributed by atoms with E-state index in [1.165, 1.54) is 17.5 Å². The van der Waals surface area contributed by atoms with E-state index in [-0.39, 0.29) is 0 Å². The van der Waals surface area contributed by atoms with E-state index in [4.69, 9.17) is 0 Å². The molecule has 0 spiro atoms. The highest BCUT2D eigenvalue weighted by Gasteiger charge is 2.38. The molecule has 3 atom stereocenters. The number of aromatic nitrogens is 2. The molecule has 3 nitrogen and oxygen atoms in total. The first-order valence-electron chi connectivity index (χ1n) is 6.53. The molecule has 1 N–H and O–H groups in total. The highest BCUT2D eigenvalue weighted by Crippen LogP contribution is 2.41. The highest BCUT2D eigenvalue weighted by molar-refractivity contribution is 5.28. The van der Waals surface area contributed by atoms with Crippen LogP contribution >= 0.6 is 0 Å². The maximum Gasteiger partial charge on any atom is 0.0537 e. The molecule has 94 valence electrons. The molecule has 1 heterocycles. The van der Waals surface area contributed by atoms with Gasteiger partial charge in [-0.3, -0.25) is 4.68 Å². The molecule has 1 aliphatic carbocycles. The van der Waals surface area contributed by atoms with Crippen molar-refractivity contribution in [1.82, 2.24) is 15.1 Å². The Balaban J connectivity index is 1.60. The summed E-state index contributed by atoms with van der Waals surface area (Å²) >= 11 is 0. The Bertz CT molecular complexity index is 518. The van der Waals surface area contributed by atoms with E-state index in [2.05, 4.69) is 53.9 Å². The minimum Gasteiger partial charge on any atom is -0.307 e. The fourth-order valence-corrected chi connectivity index (χ4v) is 2.53. The molecular formula is C15H19N3.